The maximum Gasteiger partial charge on any atom is 0.421 e. The minimum absolute atomic E-state index is 0.135. The molecule has 1 amide bonds. The quantitative estimate of drug-likeness (QED) is 0.722. The molecule has 1 aliphatic rings. The Labute approximate surface area is 121 Å². The molecule has 1 saturated heterocycles. The summed E-state index contributed by atoms with van der Waals surface area (Å²) in [7, 11) is -3.86. The SMILES string of the molecule is CCOC(=O)NS(=O)(=O)N(CC(C)C)CC1CCCN1. The average Bonchev–Trinajstić information content (AvgIpc) is 2.80. The van der Waals surface area contributed by atoms with Crippen LogP contribution in [-0.4, -0.2) is 51.1 Å². The van der Waals surface area contributed by atoms with Crippen LogP contribution in [-0.2, 0) is 14.9 Å². The molecule has 1 fully saturated rings. The third-order valence-corrected chi connectivity index (χ3v) is 4.39. The summed E-state index contributed by atoms with van der Waals surface area (Å²) in [6, 6.07) is 0.146. The fourth-order valence-electron chi connectivity index (χ4n) is 2.17. The first-order chi connectivity index (χ1) is 9.35. The van der Waals surface area contributed by atoms with Crippen molar-refractivity contribution in [2.24, 2.45) is 5.92 Å². The monoisotopic (exact) mass is 307 g/mol. The van der Waals surface area contributed by atoms with Gasteiger partial charge in [-0.05, 0) is 32.2 Å². The van der Waals surface area contributed by atoms with Crippen LogP contribution in [0, 0.1) is 5.92 Å². The van der Waals surface area contributed by atoms with Crippen LogP contribution in [0.2, 0.25) is 0 Å². The Balaban J connectivity index is 2.71. The van der Waals surface area contributed by atoms with E-state index in [1.807, 2.05) is 18.6 Å². The van der Waals surface area contributed by atoms with E-state index >= 15 is 0 Å². The lowest BCUT2D eigenvalue weighted by molar-refractivity contribution is 0.157. The van der Waals surface area contributed by atoms with Crippen LogP contribution in [0.15, 0.2) is 0 Å². The van der Waals surface area contributed by atoms with Crippen LogP contribution < -0.4 is 10.0 Å². The molecule has 0 aromatic rings. The zero-order valence-corrected chi connectivity index (χ0v) is 13.2. The lowest BCUT2D eigenvalue weighted by Gasteiger charge is -2.26. The van der Waals surface area contributed by atoms with Gasteiger partial charge in [-0.15, -0.1) is 0 Å². The third kappa shape index (κ3) is 5.64. The Morgan fingerprint density at radius 3 is 2.70 bits per heavy atom. The van der Waals surface area contributed by atoms with Gasteiger partial charge in [0, 0.05) is 19.1 Å². The van der Waals surface area contributed by atoms with Crippen molar-refractivity contribution in [1.29, 1.82) is 0 Å². The number of carbonyl (C=O) groups is 1. The fraction of sp³-hybridized carbons (Fsp3) is 0.917. The predicted octanol–water partition coefficient (Wildman–Crippen LogP) is 0.687. The van der Waals surface area contributed by atoms with Crippen molar-refractivity contribution in [3.8, 4) is 0 Å². The zero-order valence-electron chi connectivity index (χ0n) is 12.4. The van der Waals surface area contributed by atoms with E-state index in [1.165, 1.54) is 4.31 Å². The molecule has 0 aromatic heterocycles. The fourth-order valence-corrected chi connectivity index (χ4v) is 3.44. The van der Waals surface area contributed by atoms with Crippen LogP contribution in [0.4, 0.5) is 4.79 Å². The van der Waals surface area contributed by atoms with Gasteiger partial charge in [0.2, 0.25) is 0 Å². The lowest BCUT2D eigenvalue weighted by atomic mass is 10.2. The number of nitrogens with one attached hydrogen (secondary N) is 2. The first kappa shape index (κ1) is 17.2. The summed E-state index contributed by atoms with van der Waals surface area (Å²) in [4.78, 5) is 11.3. The van der Waals surface area contributed by atoms with Gasteiger partial charge in [0.1, 0.15) is 0 Å². The Morgan fingerprint density at radius 2 is 2.20 bits per heavy atom. The molecule has 118 valence electrons. The van der Waals surface area contributed by atoms with E-state index in [9.17, 15) is 13.2 Å². The van der Waals surface area contributed by atoms with E-state index in [-0.39, 0.29) is 18.6 Å². The largest absolute Gasteiger partial charge is 0.449 e. The van der Waals surface area contributed by atoms with Gasteiger partial charge < -0.3 is 10.1 Å². The summed E-state index contributed by atoms with van der Waals surface area (Å²) in [6.45, 7) is 7.28. The van der Waals surface area contributed by atoms with Gasteiger partial charge in [-0.2, -0.15) is 12.7 Å². The molecule has 1 heterocycles. The molecule has 1 aliphatic heterocycles. The van der Waals surface area contributed by atoms with Crippen LogP contribution in [0.5, 0.6) is 0 Å². The topological polar surface area (TPSA) is 87.7 Å². The van der Waals surface area contributed by atoms with Crippen molar-refractivity contribution in [3.05, 3.63) is 0 Å². The summed E-state index contributed by atoms with van der Waals surface area (Å²) in [5.41, 5.74) is 0. The molecule has 8 heteroatoms. The molecular weight excluding hydrogens is 282 g/mol. The summed E-state index contributed by atoms with van der Waals surface area (Å²) in [5.74, 6) is 0.176. The molecule has 20 heavy (non-hydrogen) atoms. The molecule has 0 bridgehead atoms. The van der Waals surface area contributed by atoms with Gasteiger partial charge >= 0.3 is 16.3 Å². The highest BCUT2D eigenvalue weighted by atomic mass is 32.2. The summed E-state index contributed by atoms with van der Waals surface area (Å²) in [6.07, 6.45) is 1.07. The molecule has 0 aliphatic carbocycles. The first-order valence-corrected chi connectivity index (χ1v) is 8.47. The van der Waals surface area contributed by atoms with Crippen LogP contribution in [0.25, 0.3) is 0 Å². The van der Waals surface area contributed by atoms with Crippen LogP contribution >= 0.6 is 0 Å². The molecule has 0 radical (unpaired) electrons. The van der Waals surface area contributed by atoms with Crippen molar-refractivity contribution in [1.82, 2.24) is 14.3 Å². The maximum atomic E-state index is 12.2. The molecule has 0 spiro atoms. The van der Waals surface area contributed by atoms with Gasteiger partial charge in [-0.25, -0.2) is 9.52 Å². The first-order valence-electron chi connectivity index (χ1n) is 7.03. The molecule has 0 aromatic carbocycles. The highest BCUT2D eigenvalue weighted by Crippen LogP contribution is 2.11. The number of ether oxygens (including phenoxy) is 1. The molecule has 1 unspecified atom stereocenters. The van der Waals surface area contributed by atoms with E-state index in [0.29, 0.717) is 13.1 Å². The maximum absolute atomic E-state index is 12.2. The highest BCUT2D eigenvalue weighted by Gasteiger charge is 2.29. The van der Waals surface area contributed by atoms with E-state index in [0.717, 1.165) is 19.4 Å². The molecule has 7 nitrogen and oxygen atoms in total. The number of hydrogen-bond donors (Lipinski definition) is 2. The van der Waals surface area contributed by atoms with Crippen molar-refractivity contribution in [2.45, 2.75) is 39.7 Å². The minimum atomic E-state index is -3.86. The second-order valence-electron chi connectivity index (χ2n) is 5.33. The van der Waals surface area contributed by atoms with Gasteiger partial charge in [-0.1, -0.05) is 13.8 Å². The Hall–Kier alpha value is -0.860. The summed E-state index contributed by atoms with van der Waals surface area (Å²) < 4.78 is 32.3. The van der Waals surface area contributed by atoms with Gasteiger partial charge in [0.25, 0.3) is 0 Å². The molecule has 2 N–H and O–H groups in total. The number of rotatable bonds is 7. The van der Waals surface area contributed by atoms with Crippen LogP contribution in [0.3, 0.4) is 0 Å². The zero-order chi connectivity index (χ0) is 15.2. The Morgan fingerprint density at radius 1 is 1.50 bits per heavy atom. The Kier molecular flexibility index (Phi) is 6.70. The van der Waals surface area contributed by atoms with E-state index in [4.69, 9.17) is 0 Å². The second-order valence-corrected chi connectivity index (χ2v) is 7.00. The summed E-state index contributed by atoms with van der Waals surface area (Å²) in [5, 5.41) is 3.26. The highest BCUT2D eigenvalue weighted by molar-refractivity contribution is 7.87. The summed E-state index contributed by atoms with van der Waals surface area (Å²) >= 11 is 0. The number of nitrogens with zero attached hydrogens (tertiary/aromatic N) is 1. The van der Waals surface area contributed by atoms with Gasteiger partial charge in [-0.3, -0.25) is 0 Å². The van der Waals surface area contributed by atoms with E-state index in [1.54, 1.807) is 6.92 Å². The average molecular weight is 307 g/mol. The Bertz CT molecular complexity index is 405. The third-order valence-electron chi connectivity index (χ3n) is 2.98. The minimum Gasteiger partial charge on any atom is -0.449 e. The molecule has 0 saturated carbocycles. The smallest absolute Gasteiger partial charge is 0.421 e. The predicted molar refractivity (Wildman–Crippen MR) is 76.5 cm³/mol. The van der Waals surface area contributed by atoms with Gasteiger partial charge in [0.15, 0.2) is 0 Å². The lowest BCUT2D eigenvalue weighted by Crippen LogP contribution is -2.49. The van der Waals surface area contributed by atoms with Crippen LogP contribution in [0.1, 0.15) is 33.6 Å². The molecule has 1 atom stereocenters. The molecule has 1 rings (SSSR count). The van der Waals surface area contributed by atoms with Gasteiger partial charge in [0.05, 0.1) is 6.61 Å². The molecular formula is C12H25N3O4S. The van der Waals surface area contributed by atoms with E-state index < -0.39 is 16.3 Å². The second kappa shape index (κ2) is 7.80. The number of hydrogen-bond acceptors (Lipinski definition) is 5. The number of amides is 1. The normalized spacial score (nSPS) is 19.6. The van der Waals surface area contributed by atoms with Crippen molar-refractivity contribution in [3.63, 3.8) is 0 Å². The van der Waals surface area contributed by atoms with Crippen molar-refractivity contribution >= 4 is 16.3 Å². The van der Waals surface area contributed by atoms with E-state index in [2.05, 4.69) is 10.1 Å². The standard InChI is InChI=1S/C12H25N3O4S/c1-4-19-12(16)14-20(17,18)15(8-10(2)3)9-11-6-5-7-13-11/h10-11,13H,4-9H2,1-3H3,(H,14,16). The number of carbonyl (C=O) groups excluding carboxylic acids is 1. The van der Waals surface area contributed by atoms with Crippen molar-refractivity contribution in [2.75, 3.05) is 26.2 Å². The van der Waals surface area contributed by atoms with Crippen molar-refractivity contribution < 1.29 is 17.9 Å².